The number of carbonyl (C=O) groups is 1. The van der Waals surface area contributed by atoms with Gasteiger partial charge in [-0.25, -0.2) is 0 Å². The molecule has 1 aromatic heterocycles. The number of allylic oxidation sites excluding steroid dienone is 1. The number of benzene rings is 2. The van der Waals surface area contributed by atoms with Gasteiger partial charge in [-0.3, -0.25) is 9.78 Å². The average Bonchev–Trinajstić information content (AvgIpc) is 3.21. The Labute approximate surface area is 162 Å². The summed E-state index contributed by atoms with van der Waals surface area (Å²) in [6.45, 7) is 0.242. The minimum Gasteiger partial charge on any atom is -0.454 e. The zero-order valence-electron chi connectivity index (χ0n) is 15.2. The Bertz CT molecular complexity index is 1180. The number of hydrogen-bond donors (Lipinski definition) is 1. The van der Waals surface area contributed by atoms with Gasteiger partial charge >= 0.3 is 0 Å². The van der Waals surface area contributed by atoms with Crippen LogP contribution < -0.4 is 14.8 Å². The number of ether oxygens (including phenoxy) is 2. The van der Waals surface area contributed by atoms with Crippen LogP contribution in [0.5, 0.6) is 11.5 Å². The first kappa shape index (κ1) is 15.7. The second-order valence-electron chi connectivity index (χ2n) is 7.42. The molecule has 3 heterocycles. The molecule has 6 rings (SSSR count). The highest BCUT2D eigenvalue weighted by Gasteiger charge is 2.35. The van der Waals surface area contributed by atoms with Gasteiger partial charge in [0.2, 0.25) is 6.79 Å². The molecule has 1 N–H and O–H groups in total. The number of carbonyl (C=O) groups excluding carboxylic acids is 1. The van der Waals surface area contributed by atoms with Crippen molar-refractivity contribution in [3.63, 3.8) is 0 Å². The molecule has 3 aromatic rings. The van der Waals surface area contributed by atoms with Gasteiger partial charge in [0, 0.05) is 34.8 Å². The summed E-state index contributed by atoms with van der Waals surface area (Å²) in [6, 6.07) is 13.9. The summed E-state index contributed by atoms with van der Waals surface area (Å²) in [4.78, 5) is 17.5. The molecule has 138 valence electrons. The fourth-order valence-electron chi connectivity index (χ4n) is 4.63. The first-order valence-corrected chi connectivity index (χ1v) is 9.60. The van der Waals surface area contributed by atoms with Crippen molar-refractivity contribution < 1.29 is 14.3 Å². The quantitative estimate of drug-likeness (QED) is 0.676. The third-order valence-electron chi connectivity index (χ3n) is 5.86. The molecule has 0 radical (unpaired) electrons. The molecule has 28 heavy (non-hydrogen) atoms. The number of fused-ring (bicyclic) bond motifs is 5. The second-order valence-corrected chi connectivity index (χ2v) is 7.42. The Kier molecular flexibility index (Phi) is 3.27. The predicted molar refractivity (Wildman–Crippen MR) is 106 cm³/mol. The molecule has 0 amide bonds. The van der Waals surface area contributed by atoms with Crippen LogP contribution in [0.2, 0.25) is 0 Å². The highest BCUT2D eigenvalue weighted by Crippen LogP contribution is 2.48. The van der Waals surface area contributed by atoms with Crippen LogP contribution >= 0.6 is 0 Å². The Morgan fingerprint density at radius 2 is 1.96 bits per heavy atom. The van der Waals surface area contributed by atoms with Gasteiger partial charge in [0.25, 0.3) is 0 Å². The molecule has 5 nitrogen and oxygen atoms in total. The summed E-state index contributed by atoms with van der Waals surface area (Å²) in [7, 11) is 0. The number of Topliss-reactive ketones (excluding diaryl/α,β-unsaturated/α-hetero) is 1. The van der Waals surface area contributed by atoms with Crippen LogP contribution in [-0.2, 0) is 4.79 Å². The highest BCUT2D eigenvalue weighted by molar-refractivity contribution is 6.12. The molecule has 0 saturated carbocycles. The van der Waals surface area contributed by atoms with E-state index in [1.807, 2.05) is 36.5 Å². The van der Waals surface area contributed by atoms with E-state index in [1.165, 1.54) is 0 Å². The number of hydrogen-bond acceptors (Lipinski definition) is 5. The van der Waals surface area contributed by atoms with Crippen molar-refractivity contribution in [1.29, 1.82) is 0 Å². The average molecular weight is 370 g/mol. The van der Waals surface area contributed by atoms with Gasteiger partial charge in [-0.1, -0.05) is 12.1 Å². The molecular formula is C23H18N2O3. The van der Waals surface area contributed by atoms with Gasteiger partial charge in [-0.15, -0.1) is 0 Å². The summed E-state index contributed by atoms with van der Waals surface area (Å²) in [5.41, 5.74) is 6.20. The Balaban J connectivity index is 1.59. The van der Waals surface area contributed by atoms with Crippen molar-refractivity contribution in [3.05, 3.63) is 65.4 Å². The number of ketones is 1. The third kappa shape index (κ3) is 2.19. The monoisotopic (exact) mass is 370 g/mol. The van der Waals surface area contributed by atoms with Gasteiger partial charge < -0.3 is 14.8 Å². The lowest BCUT2D eigenvalue weighted by Gasteiger charge is -2.35. The first-order valence-electron chi connectivity index (χ1n) is 9.60. The second kappa shape index (κ2) is 5.83. The predicted octanol–water partition coefficient (Wildman–Crippen LogP) is 4.64. The van der Waals surface area contributed by atoms with Crippen molar-refractivity contribution in [1.82, 2.24) is 4.98 Å². The van der Waals surface area contributed by atoms with E-state index in [-0.39, 0.29) is 18.6 Å². The fourth-order valence-corrected chi connectivity index (χ4v) is 4.63. The van der Waals surface area contributed by atoms with E-state index >= 15 is 0 Å². The summed E-state index contributed by atoms with van der Waals surface area (Å²) < 4.78 is 11.0. The largest absolute Gasteiger partial charge is 0.454 e. The van der Waals surface area contributed by atoms with Gasteiger partial charge in [0.05, 0.1) is 11.6 Å². The highest BCUT2D eigenvalue weighted by atomic mass is 16.7. The zero-order chi connectivity index (χ0) is 18.7. The van der Waals surface area contributed by atoms with E-state index in [2.05, 4.69) is 22.4 Å². The number of pyridine rings is 1. The number of nitrogens with zero attached hydrogens (tertiary/aromatic N) is 1. The van der Waals surface area contributed by atoms with Crippen molar-refractivity contribution in [2.45, 2.75) is 25.3 Å². The molecule has 2 aliphatic heterocycles. The lowest BCUT2D eigenvalue weighted by Crippen LogP contribution is -2.27. The third-order valence-corrected chi connectivity index (χ3v) is 5.86. The van der Waals surface area contributed by atoms with Gasteiger partial charge in [-0.05, 0) is 54.3 Å². The van der Waals surface area contributed by atoms with Gasteiger partial charge in [0.15, 0.2) is 17.3 Å². The molecule has 5 heteroatoms. The van der Waals surface area contributed by atoms with Crippen molar-refractivity contribution >= 4 is 27.9 Å². The summed E-state index contributed by atoms with van der Waals surface area (Å²) in [5, 5.41) is 4.72. The summed E-state index contributed by atoms with van der Waals surface area (Å²) >= 11 is 0. The van der Waals surface area contributed by atoms with Gasteiger partial charge in [0.1, 0.15) is 0 Å². The number of nitrogens with one attached hydrogen (secondary N) is 1. The van der Waals surface area contributed by atoms with E-state index in [4.69, 9.17) is 9.47 Å². The fraction of sp³-hybridized carbons (Fsp3) is 0.217. The van der Waals surface area contributed by atoms with Crippen molar-refractivity contribution in [2.24, 2.45) is 0 Å². The lowest BCUT2D eigenvalue weighted by molar-refractivity contribution is -0.116. The van der Waals surface area contributed by atoms with E-state index in [1.54, 1.807) is 0 Å². The molecule has 1 aliphatic carbocycles. The van der Waals surface area contributed by atoms with Crippen LogP contribution in [-0.4, -0.2) is 17.6 Å². The lowest BCUT2D eigenvalue weighted by atomic mass is 9.77. The molecule has 1 unspecified atom stereocenters. The molecule has 0 bridgehead atoms. The van der Waals surface area contributed by atoms with Crippen LogP contribution in [0.1, 0.15) is 36.4 Å². The minimum atomic E-state index is -0.182. The summed E-state index contributed by atoms with van der Waals surface area (Å²) in [5.74, 6) is 1.71. The van der Waals surface area contributed by atoms with E-state index < -0.39 is 0 Å². The van der Waals surface area contributed by atoms with E-state index in [0.717, 1.165) is 63.2 Å². The van der Waals surface area contributed by atoms with E-state index in [0.29, 0.717) is 6.42 Å². The molecule has 1 atom stereocenters. The van der Waals surface area contributed by atoms with Crippen LogP contribution in [0, 0.1) is 0 Å². The topological polar surface area (TPSA) is 60.5 Å². The molecule has 3 aliphatic rings. The number of anilines is 1. The molecule has 2 aromatic carbocycles. The maximum atomic E-state index is 13.0. The normalized spacial score (nSPS) is 20.0. The molecular weight excluding hydrogens is 352 g/mol. The standard InChI is InChI=1S/C23H18N2O3/c26-18-5-1-3-15-21-14-4-2-10-24-16(14)7-8-17(21)25-23(22(15)18)13-6-9-19-20(11-13)28-12-27-19/h2,4,6-11,23,25H,1,3,5,12H2. The number of aromatic nitrogens is 1. The Hall–Kier alpha value is -3.34. The first-order chi connectivity index (χ1) is 13.8. The van der Waals surface area contributed by atoms with Crippen LogP contribution in [0.15, 0.2) is 54.2 Å². The smallest absolute Gasteiger partial charge is 0.231 e. The molecule has 0 spiro atoms. The Morgan fingerprint density at radius 3 is 2.93 bits per heavy atom. The molecule has 0 saturated heterocycles. The number of rotatable bonds is 1. The van der Waals surface area contributed by atoms with E-state index in [9.17, 15) is 4.79 Å². The van der Waals surface area contributed by atoms with Gasteiger partial charge in [-0.2, -0.15) is 0 Å². The maximum Gasteiger partial charge on any atom is 0.231 e. The van der Waals surface area contributed by atoms with Crippen molar-refractivity contribution in [2.75, 3.05) is 12.1 Å². The van der Waals surface area contributed by atoms with Crippen LogP contribution in [0.3, 0.4) is 0 Å². The maximum absolute atomic E-state index is 13.0. The molecule has 0 fully saturated rings. The minimum absolute atomic E-state index is 0.182. The van der Waals surface area contributed by atoms with Crippen molar-refractivity contribution in [3.8, 4) is 11.5 Å². The van der Waals surface area contributed by atoms with Crippen LogP contribution in [0.25, 0.3) is 16.5 Å². The SMILES string of the molecule is O=C1CCCC2=C1C(c1ccc3c(c1)OCO3)Nc1ccc3ncccc3c12. The summed E-state index contributed by atoms with van der Waals surface area (Å²) in [6.07, 6.45) is 4.20. The Morgan fingerprint density at radius 1 is 1.04 bits per heavy atom. The zero-order valence-corrected chi connectivity index (χ0v) is 15.2. The van der Waals surface area contributed by atoms with Crippen LogP contribution in [0.4, 0.5) is 5.69 Å².